The maximum absolute atomic E-state index is 14.0. The second-order valence-corrected chi connectivity index (χ2v) is 13.8. The number of aryl methyl sites for hydroxylation is 1. The van der Waals surface area contributed by atoms with Gasteiger partial charge in [-0.05, 0) is 55.7 Å². The van der Waals surface area contributed by atoms with Crippen LogP contribution in [-0.2, 0) is 26.0 Å². The highest BCUT2D eigenvalue weighted by molar-refractivity contribution is 7.89. The molecule has 1 spiro atoms. The summed E-state index contributed by atoms with van der Waals surface area (Å²) >= 11 is 1.22. The first-order valence-corrected chi connectivity index (χ1v) is 15.8. The zero-order valence-corrected chi connectivity index (χ0v) is 24.3. The largest absolute Gasteiger partial charge is 0.371 e. The standard InChI is InChI=1S/C30H31FN4O4S2/c1-21-7-10-25(11-8-21)41(37,38)35-20-30(39-18-24(35)15-22-5-3-2-4-6-22)13-14-34(19-30)17-28(36)33-29-32-26-12-9-23(31)16-27(26)40-29/h2-12,16,24H,13-15,17-20H2,1H3,(H,32,33,36)/t24-,30-/m0/s1. The van der Waals surface area contributed by atoms with Gasteiger partial charge in [0.15, 0.2) is 5.13 Å². The molecule has 4 aromatic rings. The molecule has 2 aliphatic rings. The van der Waals surface area contributed by atoms with Gasteiger partial charge >= 0.3 is 0 Å². The summed E-state index contributed by atoms with van der Waals surface area (Å²) in [6.07, 6.45) is 1.15. The molecule has 1 N–H and O–H groups in total. The Hall–Kier alpha value is -3.22. The van der Waals surface area contributed by atoms with E-state index in [0.717, 1.165) is 11.1 Å². The van der Waals surface area contributed by atoms with Gasteiger partial charge in [0, 0.05) is 19.6 Å². The quantitative estimate of drug-likeness (QED) is 0.340. The van der Waals surface area contributed by atoms with Crippen LogP contribution in [0.25, 0.3) is 10.2 Å². The van der Waals surface area contributed by atoms with Crippen LogP contribution in [0.4, 0.5) is 9.52 Å². The van der Waals surface area contributed by atoms with Crippen molar-refractivity contribution in [2.75, 3.05) is 38.1 Å². The minimum atomic E-state index is -3.79. The summed E-state index contributed by atoms with van der Waals surface area (Å²) in [6.45, 7) is 3.56. The van der Waals surface area contributed by atoms with Crippen molar-refractivity contribution in [3.63, 3.8) is 0 Å². The zero-order valence-electron chi connectivity index (χ0n) is 22.6. The molecule has 11 heteroatoms. The van der Waals surface area contributed by atoms with Crippen molar-refractivity contribution < 1.29 is 22.3 Å². The van der Waals surface area contributed by atoms with E-state index in [2.05, 4.69) is 10.3 Å². The van der Waals surface area contributed by atoms with Crippen molar-refractivity contribution in [3.05, 3.63) is 89.7 Å². The van der Waals surface area contributed by atoms with Crippen LogP contribution in [0.5, 0.6) is 0 Å². The molecule has 214 valence electrons. The van der Waals surface area contributed by atoms with E-state index < -0.39 is 15.6 Å². The number of amides is 1. The number of ether oxygens (including phenoxy) is 1. The molecule has 41 heavy (non-hydrogen) atoms. The van der Waals surface area contributed by atoms with Crippen LogP contribution in [0.1, 0.15) is 17.5 Å². The van der Waals surface area contributed by atoms with Crippen LogP contribution in [-0.4, -0.2) is 72.9 Å². The summed E-state index contributed by atoms with van der Waals surface area (Å²) in [6, 6.07) is 20.8. The van der Waals surface area contributed by atoms with E-state index in [-0.39, 0.29) is 42.4 Å². The smallest absolute Gasteiger partial charge is 0.243 e. The van der Waals surface area contributed by atoms with Gasteiger partial charge in [0.2, 0.25) is 15.9 Å². The summed E-state index contributed by atoms with van der Waals surface area (Å²) in [4.78, 5) is 19.5. The summed E-state index contributed by atoms with van der Waals surface area (Å²) in [7, 11) is -3.79. The van der Waals surface area contributed by atoms with Crippen LogP contribution >= 0.6 is 11.3 Å². The number of carbonyl (C=O) groups is 1. The maximum Gasteiger partial charge on any atom is 0.243 e. The molecule has 0 saturated carbocycles. The van der Waals surface area contributed by atoms with E-state index in [1.165, 1.54) is 23.5 Å². The average Bonchev–Trinajstić information content (AvgIpc) is 3.53. The molecule has 3 aromatic carbocycles. The number of benzene rings is 3. The predicted octanol–water partition coefficient (Wildman–Crippen LogP) is 4.46. The molecule has 2 atom stereocenters. The second kappa shape index (κ2) is 11.2. The fourth-order valence-electron chi connectivity index (χ4n) is 5.61. The van der Waals surface area contributed by atoms with Crippen LogP contribution in [0.2, 0.25) is 0 Å². The lowest BCUT2D eigenvalue weighted by Gasteiger charge is -2.44. The number of aromatic nitrogens is 1. The molecule has 8 nitrogen and oxygen atoms in total. The second-order valence-electron chi connectivity index (χ2n) is 10.8. The van der Waals surface area contributed by atoms with E-state index >= 15 is 0 Å². The number of hydrogen-bond acceptors (Lipinski definition) is 7. The van der Waals surface area contributed by atoms with Crippen LogP contribution in [0.15, 0.2) is 77.7 Å². The third-order valence-electron chi connectivity index (χ3n) is 7.73. The third-order valence-corrected chi connectivity index (χ3v) is 10.6. The van der Waals surface area contributed by atoms with Gasteiger partial charge in [-0.2, -0.15) is 4.31 Å². The normalized spacial score (nSPS) is 22.0. The molecule has 1 amide bonds. The molecule has 0 unspecified atom stereocenters. The first kappa shape index (κ1) is 27.9. The van der Waals surface area contributed by atoms with E-state index in [1.54, 1.807) is 22.5 Å². The molecule has 0 radical (unpaired) electrons. The van der Waals surface area contributed by atoms with Crippen LogP contribution in [0, 0.1) is 12.7 Å². The fourth-order valence-corrected chi connectivity index (χ4v) is 8.20. The number of likely N-dealkylation sites (tertiary alicyclic amines) is 1. The van der Waals surface area contributed by atoms with Crippen molar-refractivity contribution in [2.24, 2.45) is 0 Å². The molecule has 2 saturated heterocycles. The molecular formula is C30H31FN4O4S2. The van der Waals surface area contributed by atoms with Gasteiger partial charge in [-0.3, -0.25) is 9.69 Å². The summed E-state index contributed by atoms with van der Waals surface area (Å²) < 4.78 is 50.2. The van der Waals surface area contributed by atoms with Gasteiger partial charge in [-0.25, -0.2) is 17.8 Å². The van der Waals surface area contributed by atoms with Crippen molar-refractivity contribution in [2.45, 2.75) is 36.3 Å². The third kappa shape index (κ3) is 6.05. The SMILES string of the molecule is Cc1ccc(S(=O)(=O)N2C[C@@]3(CCN(CC(=O)Nc4nc5ccc(F)cc5s4)C3)OC[C@@H]2Cc2ccccc2)cc1. The van der Waals surface area contributed by atoms with E-state index in [4.69, 9.17) is 4.74 Å². The number of carbonyl (C=O) groups excluding carboxylic acids is 1. The Morgan fingerprint density at radius 2 is 1.90 bits per heavy atom. The molecule has 0 bridgehead atoms. The van der Waals surface area contributed by atoms with Crippen molar-refractivity contribution in [3.8, 4) is 0 Å². The van der Waals surface area contributed by atoms with Gasteiger partial charge in [-0.15, -0.1) is 0 Å². The molecule has 6 rings (SSSR count). The molecule has 2 aliphatic heterocycles. The Morgan fingerprint density at radius 3 is 2.68 bits per heavy atom. The highest BCUT2D eigenvalue weighted by Gasteiger charge is 2.49. The minimum absolute atomic E-state index is 0.119. The molecule has 1 aromatic heterocycles. The van der Waals surface area contributed by atoms with E-state index in [0.29, 0.717) is 41.3 Å². The average molecular weight is 595 g/mol. The van der Waals surface area contributed by atoms with Gasteiger partial charge in [0.1, 0.15) is 5.82 Å². The number of rotatable bonds is 7. The Morgan fingerprint density at radius 1 is 1.12 bits per heavy atom. The van der Waals surface area contributed by atoms with Gasteiger partial charge < -0.3 is 10.1 Å². The maximum atomic E-state index is 14.0. The fraction of sp³-hybridized carbons (Fsp3) is 0.333. The van der Waals surface area contributed by atoms with Crippen molar-refractivity contribution in [1.29, 1.82) is 0 Å². The number of sulfonamides is 1. The topological polar surface area (TPSA) is 91.8 Å². The molecule has 3 heterocycles. The summed E-state index contributed by atoms with van der Waals surface area (Å²) in [5.41, 5.74) is 1.95. The number of nitrogens with zero attached hydrogens (tertiary/aromatic N) is 3. The lowest BCUT2D eigenvalue weighted by Crippen LogP contribution is -2.59. The highest BCUT2D eigenvalue weighted by Crippen LogP contribution is 2.35. The Kier molecular flexibility index (Phi) is 7.64. The van der Waals surface area contributed by atoms with Crippen molar-refractivity contribution in [1.82, 2.24) is 14.2 Å². The number of nitrogens with one attached hydrogen (secondary N) is 1. The lowest BCUT2D eigenvalue weighted by atomic mass is 9.98. The van der Waals surface area contributed by atoms with Crippen molar-refractivity contribution >= 4 is 42.6 Å². The van der Waals surface area contributed by atoms with Gasteiger partial charge in [0.05, 0.1) is 39.9 Å². The first-order chi connectivity index (χ1) is 19.7. The predicted molar refractivity (Wildman–Crippen MR) is 157 cm³/mol. The zero-order chi connectivity index (χ0) is 28.6. The number of halogens is 1. The Labute approximate surface area is 242 Å². The molecule has 2 fully saturated rings. The number of thiazole rings is 1. The Balaban J connectivity index is 1.17. The number of anilines is 1. The number of fused-ring (bicyclic) bond motifs is 1. The first-order valence-electron chi connectivity index (χ1n) is 13.5. The number of morpholine rings is 1. The number of hydrogen-bond donors (Lipinski definition) is 1. The summed E-state index contributed by atoms with van der Waals surface area (Å²) in [5, 5.41) is 3.23. The Bertz CT molecular complexity index is 1660. The van der Waals surface area contributed by atoms with E-state index in [1.807, 2.05) is 54.3 Å². The molecular weight excluding hydrogens is 563 g/mol. The van der Waals surface area contributed by atoms with Gasteiger partial charge in [-0.1, -0.05) is 59.4 Å². The lowest BCUT2D eigenvalue weighted by molar-refractivity contribution is -0.118. The highest BCUT2D eigenvalue weighted by atomic mass is 32.2. The monoisotopic (exact) mass is 594 g/mol. The summed E-state index contributed by atoms with van der Waals surface area (Å²) in [5.74, 6) is -0.582. The molecule has 0 aliphatic carbocycles. The van der Waals surface area contributed by atoms with E-state index in [9.17, 15) is 17.6 Å². The van der Waals surface area contributed by atoms with Crippen LogP contribution in [0.3, 0.4) is 0 Å². The van der Waals surface area contributed by atoms with Crippen LogP contribution < -0.4 is 5.32 Å². The minimum Gasteiger partial charge on any atom is -0.371 e. The van der Waals surface area contributed by atoms with Gasteiger partial charge in [0.25, 0.3) is 0 Å².